The van der Waals surface area contributed by atoms with Crippen LogP contribution in [-0.2, 0) is 0 Å². The predicted molar refractivity (Wildman–Crippen MR) is 18.1 cm³/mol. The van der Waals surface area contributed by atoms with Crippen molar-refractivity contribution in [1.29, 1.82) is 0 Å². The standard InChI is InChI=1S/C2H7NO.H2O/c3-1-2-4;/h4H,1-3H2;1H2/p-1. The van der Waals surface area contributed by atoms with E-state index in [1.807, 2.05) is 0 Å². The van der Waals surface area contributed by atoms with Gasteiger partial charge in [-0.3, -0.25) is 0 Å². The van der Waals surface area contributed by atoms with Gasteiger partial charge in [0.1, 0.15) is 0 Å². The van der Waals surface area contributed by atoms with Crippen LogP contribution in [0.2, 0.25) is 0 Å². The van der Waals surface area contributed by atoms with E-state index in [4.69, 9.17) is 10.8 Å². The molecule has 34 valence electrons. The first-order valence-electron chi connectivity index (χ1n) is 1.22. The third kappa shape index (κ3) is 17.7. The van der Waals surface area contributed by atoms with Crippen molar-refractivity contribution in [2.24, 2.45) is 5.73 Å². The Bertz CT molecular complexity index is 9.61. The first-order valence-corrected chi connectivity index (χ1v) is 1.22. The van der Waals surface area contributed by atoms with Crippen LogP contribution in [0.1, 0.15) is 0 Å². The van der Waals surface area contributed by atoms with Crippen LogP contribution in [0.3, 0.4) is 0 Å². The van der Waals surface area contributed by atoms with Gasteiger partial charge in [0.2, 0.25) is 0 Å². The van der Waals surface area contributed by atoms with Crippen LogP contribution in [0.5, 0.6) is 0 Å². The van der Waals surface area contributed by atoms with Gasteiger partial charge in [-0.25, -0.2) is 0 Å². The second-order valence-electron chi connectivity index (χ2n) is 0.512. The fourth-order valence-corrected chi connectivity index (χ4v) is 0. The van der Waals surface area contributed by atoms with Gasteiger partial charge in [0.25, 0.3) is 0 Å². The smallest absolute Gasteiger partial charge is 0.0553 e. The minimum absolute atomic E-state index is 0. The lowest BCUT2D eigenvalue weighted by atomic mass is 10.8. The Morgan fingerprint density at radius 1 is 1.60 bits per heavy atom. The molecule has 0 unspecified atom stereocenters. The summed E-state index contributed by atoms with van der Waals surface area (Å²) in [5.74, 6) is 0. The summed E-state index contributed by atoms with van der Waals surface area (Å²) in [6, 6.07) is 0. The highest BCUT2D eigenvalue weighted by Gasteiger charge is 1.56. The first-order chi connectivity index (χ1) is 1.91. The van der Waals surface area contributed by atoms with Crippen LogP contribution in [-0.4, -0.2) is 23.7 Å². The number of nitrogens with two attached hydrogens (primary N) is 1. The van der Waals surface area contributed by atoms with E-state index in [1.165, 1.54) is 0 Å². The highest BCUT2D eigenvalue weighted by Crippen LogP contribution is 1.33. The second kappa shape index (κ2) is 9.11. The average Bonchev–Trinajstić information content (AvgIpc) is 1.37. The zero-order valence-corrected chi connectivity index (χ0v) is 2.89. The summed E-state index contributed by atoms with van der Waals surface area (Å²) in [6.45, 7) is 0.472. The van der Waals surface area contributed by atoms with Crippen molar-refractivity contribution >= 4 is 0 Å². The van der Waals surface area contributed by atoms with E-state index in [0.717, 1.165) is 0 Å². The van der Waals surface area contributed by atoms with E-state index >= 15 is 0 Å². The van der Waals surface area contributed by atoms with Crippen LogP contribution in [0.15, 0.2) is 0 Å². The number of aliphatic hydroxyl groups is 1. The lowest BCUT2D eigenvalue weighted by Gasteiger charge is -1.71. The summed E-state index contributed by atoms with van der Waals surface area (Å²) in [7, 11) is 0. The van der Waals surface area contributed by atoms with Gasteiger partial charge in [0.05, 0.1) is 6.61 Å². The SMILES string of the molecule is NCCO.[OH-]. The summed E-state index contributed by atoms with van der Waals surface area (Å²) >= 11 is 0. The van der Waals surface area contributed by atoms with Crippen molar-refractivity contribution in [1.82, 2.24) is 0 Å². The Balaban J connectivity index is 0. The Kier molecular flexibility index (Phi) is 16.1. The number of aliphatic hydroxyl groups excluding tert-OH is 1. The fourth-order valence-electron chi connectivity index (χ4n) is 0. The topological polar surface area (TPSA) is 76.2 Å². The molecule has 0 aliphatic heterocycles. The largest absolute Gasteiger partial charge is 0.870 e. The molecule has 0 aromatic heterocycles. The Labute approximate surface area is 30.7 Å². The summed E-state index contributed by atoms with van der Waals surface area (Å²) in [5.41, 5.74) is 4.78. The molecule has 0 rings (SSSR count). The van der Waals surface area contributed by atoms with Crippen LogP contribution in [0, 0.1) is 0 Å². The highest BCUT2D eigenvalue weighted by molar-refractivity contribution is 4.17. The normalized spacial score (nSPS) is 6.00. The van der Waals surface area contributed by atoms with Crippen LogP contribution in [0.4, 0.5) is 0 Å². The molecule has 4 N–H and O–H groups in total. The van der Waals surface area contributed by atoms with E-state index < -0.39 is 0 Å². The summed E-state index contributed by atoms with van der Waals surface area (Å²) < 4.78 is 0. The molecule has 3 nitrogen and oxygen atoms in total. The quantitative estimate of drug-likeness (QED) is 0.412. The summed E-state index contributed by atoms with van der Waals surface area (Å²) in [6.07, 6.45) is 0. The number of rotatable bonds is 1. The molecule has 0 saturated carbocycles. The maximum atomic E-state index is 7.75. The van der Waals surface area contributed by atoms with Crippen LogP contribution >= 0.6 is 0 Å². The van der Waals surface area contributed by atoms with Gasteiger partial charge in [-0.2, -0.15) is 0 Å². The molecular weight excluding hydrogens is 70.0 g/mol. The van der Waals surface area contributed by atoms with Crippen molar-refractivity contribution in [2.75, 3.05) is 13.2 Å². The summed E-state index contributed by atoms with van der Waals surface area (Å²) in [5, 5.41) is 7.75. The van der Waals surface area contributed by atoms with Gasteiger partial charge in [0.15, 0.2) is 0 Å². The molecule has 0 radical (unpaired) electrons. The summed E-state index contributed by atoms with van der Waals surface area (Å²) in [4.78, 5) is 0. The van der Waals surface area contributed by atoms with Crippen molar-refractivity contribution in [3.63, 3.8) is 0 Å². The van der Waals surface area contributed by atoms with E-state index in [-0.39, 0.29) is 12.1 Å². The van der Waals surface area contributed by atoms with Crippen molar-refractivity contribution < 1.29 is 10.6 Å². The van der Waals surface area contributed by atoms with Gasteiger partial charge in [0, 0.05) is 6.54 Å². The Morgan fingerprint density at radius 2 is 1.80 bits per heavy atom. The van der Waals surface area contributed by atoms with E-state index in [1.54, 1.807) is 0 Å². The van der Waals surface area contributed by atoms with Crippen LogP contribution < -0.4 is 5.73 Å². The minimum Gasteiger partial charge on any atom is -0.870 e. The molecule has 5 heavy (non-hydrogen) atoms. The van der Waals surface area contributed by atoms with E-state index in [9.17, 15) is 0 Å². The maximum Gasteiger partial charge on any atom is 0.0553 e. The lowest BCUT2D eigenvalue weighted by Crippen LogP contribution is -2.02. The van der Waals surface area contributed by atoms with Gasteiger partial charge < -0.3 is 16.3 Å². The van der Waals surface area contributed by atoms with Gasteiger partial charge >= 0.3 is 0 Å². The lowest BCUT2D eigenvalue weighted by molar-refractivity contribution is 0.306. The Morgan fingerprint density at radius 3 is 1.80 bits per heavy atom. The van der Waals surface area contributed by atoms with E-state index in [0.29, 0.717) is 6.54 Å². The van der Waals surface area contributed by atoms with Gasteiger partial charge in [-0.15, -0.1) is 0 Å². The molecule has 0 aromatic rings. The zero-order valence-electron chi connectivity index (χ0n) is 2.89. The second-order valence-corrected chi connectivity index (χ2v) is 0.512. The molecule has 0 aliphatic rings. The molecule has 0 saturated heterocycles. The molecule has 0 amide bonds. The molecule has 0 heterocycles. The molecule has 0 atom stereocenters. The van der Waals surface area contributed by atoms with Crippen LogP contribution in [0.25, 0.3) is 0 Å². The van der Waals surface area contributed by atoms with Gasteiger partial charge in [-0.05, 0) is 0 Å². The van der Waals surface area contributed by atoms with Crippen molar-refractivity contribution in [3.05, 3.63) is 0 Å². The highest BCUT2D eigenvalue weighted by atomic mass is 16.3. The molecular formula is C2H8NO2-. The molecule has 0 aromatic carbocycles. The van der Waals surface area contributed by atoms with E-state index in [2.05, 4.69) is 0 Å². The Hall–Kier alpha value is -0.120. The predicted octanol–water partition coefficient (Wildman–Crippen LogP) is -1.24. The first kappa shape index (κ1) is 8.86. The third-order valence-corrected chi connectivity index (χ3v) is 0.129. The molecule has 0 spiro atoms. The fraction of sp³-hybridized carbons (Fsp3) is 1.00. The van der Waals surface area contributed by atoms with Crippen molar-refractivity contribution in [2.45, 2.75) is 0 Å². The molecule has 0 fully saturated rings. The molecule has 0 bridgehead atoms. The minimum atomic E-state index is 0. The number of hydrogen-bond acceptors (Lipinski definition) is 3. The average molecular weight is 78.1 g/mol. The van der Waals surface area contributed by atoms with Gasteiger partial charge in [-0.1, -0.05) is 0 Å². The monoisotopic (exact) mass is 78.1 g/mol. The molecule has 0 aliphatic carbocycles. The maximum absolute atomic E-state index is 7.75. The number of hydrogen-bond donors (Lipinski definition) is 2. The zero-order chi connectivity index (χ0) is 3.41. The van der Waals surface area contributed by atoms with Crippen molar-refractivity contribution in [3.8, 4) is 0 Å². The molecule has 3 heteroatoms. The third-order valence-electron chi connectivity index (χ3n) is 0.129.